The molecular weight excluding hydrogens is 265 g/mol. The third kappa shape index (κ3) is 3.83. The highest BCUT2D eigenvalue weighted by atomic mass is 32.2. The van der Waals surface area contributed by atoms with Crippen molar-refractivity contribution in [2.24, 2.45) is 0 Å². The van der Waals surface area contributed by atoms with Crippen LogP contribution in [-0.2, 0) is 0 Å². The van der Waals surface area contributed by atoms with E-state index >= 15 is 0 Å². The van der Waals surface area contributed by atoms with Crippen LogP contribution >= 0.6 is 23.1 Å². The molecule has 1 aromatic carbocycles. The quantitative estimate of drug-likeness (QED) is 0.791. The standard InChI is InChI=1S/C14H16FNS2/c1-2-16-13(14-4-3-9-17-14)10-18-12-7-5-11(15)6-8-12/h3-9,13,16H,2,10H2,1H3. The zero-order chi connectivity index (χ0) is 12.8. The molecule has 1 heterocycles. The fraction of sp³-hybridized carbons (Fsp3) is 0.286. The lowest BCUT2D eigenvalue weighted by molar-refractivity contribution is 0.615. The first-order valence-electron chi connectivity index (χ1n) is 5.94. The van der Waals surface area contributed by atoms with E-state index < -0.39 is 0 Å². The van der Waals surface area contributed by atoms with Crippen LogP contribution in [0.2, 0.25) is 0 Å². The van der Waals surface area contributed by atoms with Crippen molar-refractivity contribution in [1.82, 2.24) is 5.32 Å². The van der Waals surface area contributed by atoms with Gasteiger partial charge in [-0.05, 0) is 42.3 Å². The van der Waals surface area contributed by atoms with Crippen LogP contribution in [0, 0.1) is 5.82 Å². The topological polar surface area (TPSA) is 12.0 Å². The summed E-state index contributed by atoms with van der Waals surface area (Å²) in [5, 5.41) is 5.58. The molecule has 0 aliphatic carbocycles. The summed E-state index contributed by atoms with van der Waals surface area (Å²) in [5.41, 5.74) is 0. The van der Waals surface area contributed by atoms with Crippen molar-refractivity contribution in [1.29, 1.82) is 0 Å². The molecule has 1 aromatic heterocycles. The van der Waals surface area contributed by atoms with Gasteiger partial charge in [-0.1, -0.05) is 13.0 Å². The van der Waals surface area contributed by atoms with Gasteiger partial charge in [-0.2, -0.15) is 0 Å². The van der Waals surface area contributed by atoms with Gasteiger partial charge < -0.3 is 5.32 Å². The fourth-order valence-corrected chi connectivity index (χ4v) is 3.58. The number of thiophene rings is 1. The molecule has 18 heavy (non-hydrogen) atoms. The minimum Gasteiger partial charge on any atom is -0.309 e. The van der Waals surface area contributed by atoms with Gasteiger partial charge in [-0.25, -0.2) is 4.39 Å². The van der Waals surface area contributed by atoms with Gasteiger partial charge in [0.2, 0.25) is 0 Å². The van der Waals surface area contributed by atoms with Crippen LogP contribution in [0.25, 0.3) is 0 Å². The lowest BCUT2D eigenvalue weighted by atomic mass is 10.3. The van der Waals surface area contributed by atoms with Crippen molar-refractivity contribution in [2.45, 2.75) is 17.9 Å². The summed E-state index contributed by atoms with van der Waals surface area (Å²) in [6.45, 7) is 3.07. The van der Waals surface area contributed by atoms with E-state index in [2.05, 4.69) is 29.8 Å². The number of hydrogen-bond acceptors (Lipinski definition) is 3. The fourth-order valence-electron chi connectivity index (χ4n) is 1.69. The summed E-state index contributed by atoms with van der Waals surface area (Å²) < 4.78 is 12.8. The van der Waals surface area contributed by atoms with Gasteiger partial charge >= 0.3 is 0 Å². The number of benzene rings is 1. The second kappa shape index (κ2) is 6.92. The molecule has 1 nitrogen and oxygen atoms in total. The van der Waals surface area contributed by atoms with E-state index in [1.165, 1.54) is 17.0 Å². The Morgan fingerprint density at radius 1 is 1.28 bits per heavy atom. The molecule has 0 bridgehead atoms. The Kier molecular flexibility index (Phi) is 5.23. The average molecular weight is 281 g/mol. The van der Waals surface area contributed by atoms with E-state index in [9.17, 15) is 4.39 Å². The number of rotatable bonds is 6. The lowest BCUT2D eigenvalue weighted by Crippen LogP contribution is -2.21. The van der Waals surface area contributed by atoms with Crippen molar-refractivity contribution in [2.75, 3.05) is 12.3 Å². The minimum absolute atomic E-state index is 0.180. The van der Waals surface area contributed by atoms with Gasteiger partial charge in [0.1, 0.15) is 5.82 Å². The molecule has 2 rings (SSSR count). The molecule has 0 radical (unpaired) electrons. The SMILES string of the molecule is CCNC(CSc1ccc(F)cc1)c1cccs1. The normalized spacial score (nSPS) is 12.6. The van der Waals surface area contributed by atoms with Gasteiger partial charge in [-0.3, -0.25) is 0 Å². The number of hydrogen-bond donors (Lipinski definition) is 1. The van der Waals surface area contributed by atoms with E-state index in [1.807, 2.05) is 12.1 Å². The minimum atomic E-state index is -0.180. The highest BCUT2D eigenvalue weighted by molar-refractivity contribution is 7.99. The highest BCUT2D eigenvalue weighted by Gasteiger charge is 2.11. The molecule has 4 heteroatoms. The largest absolute Gasteiger partial charge is 0.309 e. The van der Waals surface area contributed by atoms with Crippen LogP contribution in [-0.4, -0.2) is 12.3 Å². The summed E-state index contributed by atoms with van der Waals surface area (Å²) in [6, 6.07) is 11.3. The van der Waals surface area contributed by atoms with Crippen LogP contribution in [0.15, 0.2) is 46.7 Å². The Morgan fingerprint density at radius 3 is 2.67 bits per heavy atom. The van der Waals surface area contributed by atoms with Crippen LogP contribution in [0.4, 0.5) is 4.39 Å². The third-order valence-corrected chi connectivity index (χ3v) is 4.66. The summed E-state index contributed by atoms with van der Waals surface area (Å²) in [6.07, 6.45) is 0. The maximum atomic E-state index is 12.8. The Labute approximate surface area is 115 Å². The summed E-state index contributed by atoms with van der Waals surface area (Å²) in [5.74, 6) is 0.779. The Hall–Kier alpha value is -0.840. The van der Waals surface area contributed by atoms with Crippen molar-refractivity contribution in [3.63, 3.8) is 0 Å². The molecule has 0 saturated heterocycles. The van der Waals surface area contributed by atoms with Crippen LogP contribution < -0.4 is 5.32 Å². The Balaban J connectivity index is 1.95. The molecule has 1 N–H and O–H groups in total. The van der Waals surface area contributed by atoms with Crippen LogP contribution in [0.3, 0.4) is 0 Å². The lowest BCUT2D eigenvalue weighted by Gasteiger charge is -2.15. The monoisotopic (exact) mass is 281 g/mol. The molecular formula is C14H16FNS2. The van der Waals surface area contributed by atoms with E-state index in [-0.39, 0.29) is 5.82 Å². The first-order valence-corrected chi connectivity index (χ1v) is 7.81. The predicted molar refractivity (Wildman–Crippen MR) is 77.9 cm³/mol. The van der Waals surface area contributed by atoms with Gasteiger partial charge in [-0.15, -0.1) is 23.1 Å². The maximum absolute atomic E-state index is 12.8. The Morgan fingerprint density at radius 2 is 2.06 bits per heavy atom. The number of halogens is 1. The first kappa shape index (κ1) is 13.6. The smallest absolute Gasteiger partial charge is 0.123 e. The second-order valence-corrected chi connectivity index (χ2v) is 5.96. The van der Waals surface area contributed by atoms with Gasteiger partial charge in [0.05, 0.1) is 6.04 Å². The molecule has 0 aliphatic heterocycles. The summed E-state index contributed by atoms with van der Waals surface area (Å²) in [4.78, 5) is 2.46. The van der Waals surface area contributed by atoms with E-state index in [0.717, 1.165) is 17.2 Å². The number of nitrogens with one attached hydrogen (secondary N) is 1. The Bertz CT molecular complexity index is 453. The van der Waals surface area contributed by atoms with Crippen molar-refractivity contribution in [3.8, 4) is 0 Å². The molecule has 96 valence electrons. The molecule has 0 aliphatic rings. The summed E-state index contributed by atoms with van der Waals surface area (Å²) >= 11 is 3.53. The molecule has 0 spiro atoms. The molecule has 1 unspecified atom stereocenters. The van der Waals surface area contributed by atoms with Crippen molar-refractivity contribution >= 4 is 23.1 Å². The summed E-state index contributed by atoms with van der Waals surface area (Å²) in [7, 11) is 0. The van der Waals surface area contributed by atoms with Crippen molar-refractivity contribution < 1.29 is 4.39 Å². The average Bonchev–Trinajstić information content (AvgIpc) is 2.90. The number of thioether (sulfide) groups is 1. The van der Waals surface area contributed by atoms with Gasteiger partial charge in [0.25, 0.3) is 0 Å². The van der Waals surface area contributed by atoms with E-state index in [0.29, 0.717) is 6.04 Å². The molecule has 2 aromatic rings. The predicted octanol–water partition coefficient (Wildman–Crippen LogP) is 4.33. The van der Waals surface area contributed by atoms with Gasteiger partial charge in [0, 0.05) is 15.5 Å². The van der Waals surface area contributed by atoms with E-state index in [4.69, 9.17) is 0 Å². The zero-order valence-corrected chi connectivity index (χ0v) is 11.9. The maximum Gasteiger partial charge on any atom is 0.123 e. The van der Waals surface area contributed by atoms with Crippen molar-refractivity contribution in [3.05, 3.63) is 52.5 Å². The van der Waals surface area contributed by atoms with Crippen LogP contribution in [0.5, 0.6) is 0 Å². The van der Waals surface area contributed by atoms with Gasteiger partial charge in [0.15, 0.2) is 0 Å². The molecule has 0 amide bonds. The first-order chi connectivity index (χ1) is 8.79. The second-order valence-electron chi connectivity index (χ2n) is 3.89. The third-order valence-electron chi connectivity index (χ3n) is 2.57. The molecule has 0 fully saturated rings. The zero-order valence-electron chi connectivity index (χ0n) is 10.2. The van der Waals surface area contributed by atoms with E-state index in [1.54, 1.807) is 23.1 Å². The van der Waals surface area contributed by atoms with Crippen LogP contribution in [0.1, 0.15) is 17.8 Å². The molecule has 0 saturated carbocycles. The highest BCUT2D eigenvalue weighted by Crippen LogP contribution is 2.27. The molecule has 1 atom stereocenters.